The number of carbonyl (C=O) groups is 1. The molecule has 2 N–H and O–H groups in total. The molecule has 1 heterocycles. The maximum Gasteiger partial charge on any atom is 0.338 e. The molecule has 1 saturated heterocycles. The lowest BCUT2D eigenvalue weighted by molar-refractivity contribution is 0.0492. The van der Waals surface area contributed by atoms with E-state index in [-0.39, 0.29) is 5.97 Å². The van der Waals surface area contributed by atoms with E-state index in [1.807, 2.05) is 0 Å². The van der Waals surface area contributed by atoms with E-state index >= 15 is 0 Å². The molecule has 4 nitrogen and oxygen atoms in total. The summed E-state index contributed by atoms with van der Waals surface area (Å²) in [5, 5.41) is 0. The van der Waals surface area contributed by atoms with Crippen molar-refractivity contribution < 1.29 is 9.53 Å². The first-order valence-electron chi connectivity index (χ1n) is 6.90. The highest BCUT2D eigenvalue weighted by Gasteiger charge is 2.20. The Morgan fingerprint density at radius 2 is 2.16 bits per heavy atom. The fourth-order valence-corrected chi connectivity index (χ4v) is 2.53. The van der Waals surface area contributed by atoms with Gasteiger partial charge in [-0.2, -0.15) is 0 Å². The molecule has 1 fully saturated rings. The molecule has 19 heavy (non-hydrogen) atoms. The fraction of sp³-hybridized carbons (Fsp3) is 0.533. The van der Waals surface area contributed by atoms with Gasteiger partial charge in [0.25, 0.3) is 0 Å². The number of esters is 1. The summed E-state index contributed by atoms with van der Waals surface area (Å²) in [5.74, 6) is -0.264. The molecule has 1 aromatic carbocycles. The smallest absolute Gasteiger partial charge is 0.338 e. The second kappa shape index (κ2) is 6.57. The van der Waals surface area contributed by atoms with Gasteiger partial charge in [-0.25, -0.2) is 4.79 Å². The number of benzene rings is 1. The number of ether oxygens (including phenoxy) is 1. The Morgan fingerprint density at radius 3 is 2.79 bits per heavy atom. The second-order valence-corrected chi connectivity index (χ2v) is 5.18. The lowest BCUT2D eigenvalue weighted by atomic mass is 10.1. The van der Waals surface area contributed by atoms with Crippen LogP contribution in [0, 0.1) is 0 Å². The summed E-state index contributed by atoms with van der Waals surface area (Å²) in [6.07, 6.45) is 4.58. The van der Waals surface area contributed by atoms with Gasteiger partial charge >= 0.3 is 5.97 Å². The maximum atomic E-state index is 11.7. The summed E-state index contributed by atoms with van der Waals surface area (Å²) in [7, 11) is 2.16. The van der Waals surface area contributed by atoms with Crippen LogP contribution in [0.3, 0.4) is 0 Å². The van der Waals surface area contributed by atoms with Gasteiger partial charge < -0.3 is 15.4 Å². The highest BCUT2D eigenvalue weighted by molar-refractivity contribution is 5.89. The van der Waals surface area contributed by atoms with Crippen LogP contribution in [0.5, 0.6) is 0 Å². The fourth-order valence-electron chi connectivity index (χ4n) is 2.53. The minimum atomic E-state index is -0.264. The molecule has 1 aromatic rings. The highest BCUT2D eigenvalue weighted by Crippen LogP contribution is 2.19. The number of likely N-dealkylation sites (tertiary alicyclic amines) is 1. The van der Waals surface area contributed by atoms with Crippen LogP contribution in [0.15, 0.2) is 24.3 Å². The van der Waals surface area contributed by atoms with Crippen LogP contribution in [0.1, 0.15) is 36.0 Å². The third-order valence-corrected chi connectivity index (χ3v) is 3.73. The van der Waals surface area contributed by atoms with E-state index in [2.05, 4.69) is 11.9 Å². The van der Waals surface area contributed by atoms with E-state index in [0.29, 0.717) is 23.9 Å². The van der Waals surface area contributed by atoms with Crippen LogP contribution in [-0.2, 0) is 4.74 Å². The minimum absolute atomic E-state index is 0.264. The van der Waals surface area contributed by atoms with Gasteiger partial charge in [0.05, 0.1) is 12.2 Å². The Labute approximate surface area is 114 Å². The van der Waals surface area contributed by atoms with Gasteiger partial charge in [0.2, 0.25) is 0 Å². The first kappa shape index (κ1) is 13.9. The van der Waals surface area contributed by atoms with Crippen molar-refractivity contribution in [1.29, 1.82) is 0 Å². The Kier molecular flexibility index (Phi) is 4.80. The van der Waals surface area contributed by atoms with E-state index in [9.17, 15) is 4.79 Å². The predicted octanol–water partition coefficient (Wildman–Crippen LogP) is 2.30. The average Bonchev–Trinajstić information content (AvgIpc) is 2.81. The summed E-state index contributed by atoms with van der Waals surface area (Å²) in [5.41, 5.74) is 6.79. The third-order valence-electron chi connectivity index (χ3n) is 3.73. The second-order valence-electron chi connectivity index (χ2n) is 5.18. The largest absolute Gasteiger partial charge is 0.462 e. The van der Waals surface area contributed by atoms with Crippen LogP contribution in [-0.4, -0.2) is 37.1 Å². The standard InChI is InChI=1S/C15H22N2O2/c1-17-10-2-4-14(17)5-3-11-19-15(18)12-6-8-13(16)9-7-12/h6-9,14H,2-5,10-11,16H2,1H3. The quantitative estimate of drug-likeness (QED) is 0.502. The summed E-state index contributed by atoms with van der Waals surface area (Å²) in [6.45, 7) is 1.68. The van der Waals surface area contributed by atoms with Gasteiger partial charge in [0.1, 0.15) is 0 Å². The normalized spacial score (nSPS) is 19.5. The number of nitrogens with zero attached hydrogens (tertiary/aromatic N) is 1. The van der Waals surface area contributed by atoms with Gasteiger partial charge in [-0.1, -0.05) is 0 Å². The van der Waals surface area contributed by atoms with E-state index in [1.165, 1.54) is 19.4 Å². The number of nitrogens with two attached hydrogens (primary N) is 1. The maximum absolute atomic E-state index is 11.7. The first-order valence-corrected chi connectivity index (χ1v) is 6.90. The van der Waals surface area contributed by atoms with Crippen molar-refractivity contribution in [3.8, 4) is 0 Å². The van der Waals surface area contributed by atoms with Crippen LogP contribution in [0.25, 0.3) is 0 Å². The molecule has 0 amide bonds. The molecular weight excluding hydrogens is 240 g/mol. The SMILES string of the molecule is CN1CCCC1CCCOC(=O)c1ccc(N)cc1. The van der Waals surface area contributed by atoms with Crippen molar-refractivity contribution in [2.24, 2.45) is 0 Å². The van der Waals surface area contributed by atoms with Gasteiger partial charge in [0.15, 0.2) is 0 Å². The molecule has 4 heteroatoms. The number of anilines is 1. The van der Waals surface area contributed by atoms with Crippen LogP contribution >= 0.6 is 0 Å². The zero-order chi connectivity index (χ0) is 13.7. The lowest BCUT2D eigenvalue weighted by Gasteiger charge is -2.18. The van der Waals surface area contributed by atoms with Gasteiger partial charge in [-0.3, -0.25) is 0 Å². The highest BCUT2D eigenvalue weighted by atomic mass is 16.5. The number of hydrogen-bond donors (Lipinski definition) is 1. The van der Waals surface area contributed by atoms with Crippen molar-refractivity contribution in [2.75, 3.05) is 25.9 Å². The number of hydrogen-bond acceptors (Lipinski definition) is 4. The van der Waals surface area contributed by atoms with Gasteiger partial charge in [-0.05, 0) is 63.5 Å². The molecule has 1 aliphatic rings. The topological polar surface area (TPSA) is 55.6 Å². The molecule has 0 aromatic heterocycles. The molecule has 0 spiro atoms. The van der Waals surface area contributed by atoms with Crippen LogP contribution < -0.4 is 5.73 Å². The van der Waals surface area contributed by atoms with Crippen LogP contribution in [0.4, 0.5) is 5.69 Å². The van der Waals surface area contributed by atoms with E-state index in [1.54, 1.807) is 24.3 Å². The molecule has 1 unspecified atom stereocenters. The van der Waals surface area contributed by atoms with Crippen molar-refractivity contribution in [3.05, 3.63) is 29.8 Å². The molecule has 1 atom stereocenters. The van der Waals surface area contributed by atoms with E-state index in [4.69, 9.17) is 10.5 Å². The predicted molar refractivity (Wildman–Crippen MR) is 76.0 cm³/mol. The summed E-state index contributed by atoms with van der Waals surface area (Å²) >= 11 is 0. The summed E-state index contributed by atoms with van der Waals surface area (Å²) in [6, 6.07) is 7.48. The Hall–Kier alpha value is -1.55. The third kappa shape index (κ3) is 3.96. The van der Waals surface area contributed by atoms with E-state index < -0.39 is 0 Å². The van der Waals surface area contributed by atoms with Gasteiger partial charge in [0, 0.05) is 11.7 Å². The molecule has 1 aliphatic heterocycles. The first-order chi connectivity index (χ1) is 9.16. The molecule has 0 radical (unpaired) electrons. The zero-order valence-corrected chi connectivity index (χ0v) is 11.5. The monoisotopic (exact) mass is 262 g/mol. The zero-order valence-electron chi connectivity index (χ0n) is 11.5. The molecule has 0 saturated carbocycles. The number of carbonyl (C=O) groups excluding carboxylic acids is 1. The van der Waals surface area contributed by atoms with Crippen molar-refractivity contribution in [1.82, 2.24) is 4.90 Å². The lowest BCUT2D eigenvalue weighted by Crippen LogP contribution is -2.25. The van der Waals surface area contributed by atoms with Crippen molar-refractivity contribution >= 4 is 11.7 Å². The Bertz CT molecular complexity index is 417. The van der Waals surface area contributed by atoms with Crippen molar-refractivity contribution in [2.45, 2.75) is 31.7 Å². The minimum Gasteiger partial charge on any atom is -0.462 e. The molecule has 2 rings (SSSR count). The molecular formula is C15H22N2O2. The molecule has 0 aliphatic carbocycles. The van der Waals surface area contributed by atoms with Gasteiger partial charge in [-0.15, -0.1) is 0 Å². The number of rotatable bonds is 5. The average molecular weight is 262 g/mol. The molecule has 104 valence electrons. The number of nitrogen functional groups attached to an aromatic ring is 1. The Balaban J connectivity index is 1.68. The van der Waals surface area contributed by atoms with E-state index in [0.717, 1.165) is 12.8 Å². The summed E-state index contributed by atoms with van der Waals surface area (Å²) < 4.78 is 5.26. The van der Waals surface area contributed by atoms with Crippen molar-refractivity contribution in [3.63, 3.8) is 0 Å². The molecule has 0 bridgehead atoms. The summed E-state index contributed by atoms with van der Waals surface area (Å²) in [4.78, 5) is 14.1. The Morgan fingerprint density at radius 1 is 1.42 bits per heavy atom. The van der Waals surface area contributed by atoms with Crippen LogP contribution in [0.2, 0.25) is 0 Å².